The van der Waals surface area contributed by atoms with Crippen molar-refractivity contribution in [3.05, 3.63) is 23.3 Å². The molecule has 0 aromatic heterocycles. The van der Waals surface area contributed by atoms with Crippen LogP contribution in [0.2, 0.25) is 0 Å². The lowest BCUT2D eigenvalue weighted by Crippen LogP contribution is -2.41. The van der Waals surface area contributed by atoms with Crippen LogP contribution in [0.5, 0.6) is 11.5 Å². The summed E-state index contributed by atoms with van der Waals surface area (Å²) in [4.78, 5) is 11.4. The van der Waals surface area contributed by atoms with E-state index >= 15 is 0 Å². The maximum atomic E-state index is 11.4. The first-order valence-corrected chi connectivity index (χ1v) is 5.97. The number of ether oxygens (including phenoxy) is 2. The van der Waals surface area contributed by atoms with E-state index in [1.165, 1.54) is 20.3 Å². The van der Waals surface area contributed by atoms with Crippen molar-refractivity contribution >= 4 is 5.97 Å². The SMILES string of the molecule is COc1cc(C)c(C(O)(C(=O)O)C(C)C)cc1OC. The number of aliphatic hydroxyl groups is 1. The Hall–Kier alpha value is -1.75. The topological polar surface area (TPSA) is 76.0 Å². The van der Waals surface area contributed by atoms with Crippen molar-refractivity contribution in [1.82, 2.24) is 0 Å². The summed E-state index contributed by atoms with van der Waals surface area (Å²) in [6, 6.07) is 3.17. The molecule has 1 atom stereocenters. The molecule has 0 bridgehead atoms. The van der Waals surface area contributed by atoms with Crippen molar-refractivity contribution in [2.45, 2.75) is 26.4 Å². The third-order valence-corrected chi connectivity index (χ3v) is 3.30. The fourth-order valence-electron chi connectivity index (χ4n) is 2.06. The molecule has 0 fully saturated rings. The molecule has 0 amide bonds. The molecule has 106 valence electrons. The number of aliphatic carboxylic acids is 1. The third kappa shape index (κ3) is 2.51. The maximum Gasteiger partial charge on any atom is 0.340 e. The number of aryl methyl sites for hydroxylation is 1. The van der Waals surface area contributed by atoms with Crippen LogP contribution in [-0.4, -0.2) is 30.4 Å². The van der Waals surface area contributed by atoms with Gasteiger partial charge < -0.3 is 19.7 Å². The fraction of sp³-hybridized carbons (Fsp3) is 0.500. The molecule has 5 heteroatoms. The van der Waals surface area contributed by atoms with Crippen LogP contribution in [0.25, 0.3) is 0 Å². The van der Waals surface area contributed by atoms with Crippen molar-refractivity contribution in [3.63, 3.8) is 0 Å². The van der Waals surface area contributed by atoms with Crippen molar-refractivity contribution in [3.8, 4) is 11.5 Å². The van der Waals surface area contributed by atoms with Gasteiger partial charge in [0.1, 0.15) is 0 Å². The van der Waals surface area contributed by atoms with E-state index in [-0.39, 0.29) is 0 Å². The van der Waals surface area contributed by atoms with E-state index in [2.05, 4.69) is 0 Å². The monoisotopic (exact) mass is 268 g/mol. The van der Waals surface area contributed by atoms with Crippen LogP contribution in [0, 0.1) is 12.8 Å². The van der Waals surface area contributed by atoms with Gasteiger partial charge in [-0.2, -0.15) is 0 Å². The molecule has 0 aliphatic heterocycles. The summed E-state index contributed by atoms with van der Waals surface area (Å²) in [5.74, 6) is -0.872. The van der Waals surface area contributed by atoms with Crippen LogP contribution >= 0.6 is 0 Å². The number of carboxylic acid groups (broad SMARTS) is 1. The Balaban J connectivity index is 3.53. The van der Waals surface area contributed by atoms with E-state index in [0.717, 1.165) is 0 Å². The van der Waals surface area contributed by atoms with Gasteiger partial charge in [-0.05, 0) is 30.5 Å². The smallest absolute Gasteiger partial charge is 0.340 e. The van der Waals surface area contributed by atoms with Crippen molar-refractivity contribution < 1.29 is 24.5 Å². The van der Waals surface area contributed by atoms with Gasteiger partial charge in [0, 0.05) is 5.56 Å². The second-order valence-corrected chi connectivity index (χ2v) is 4.75. The highest BCUT2D eigenvalue weighted by atomic mass is 16.5. The quantitative estimate of drug-likeness (QED) is 0.853. The molecule has 1 rings (SSSR count). The predicted octanol–water partition coefficient (Wildman–Crippen LogP) is 1.94. The van der Waals surface area contributed by atoms with Crippen LogP contribution < -0.4 is 9.47 Å². The highest BCUT2D eigenvalue weighted by Crippen LogP contribution is 2.38. The zero-order valence-electron chi connectivity index (χ0n) is 11.9. The van der Waals surface area contributed by atoms with Crippen LogP contribution in [0.15, 0.2) is 12.1 Å². The second-order valence-electron chi connectivity index (χ2n) is 4.75. The Morgan fingerprint density at radius 1 is 1.21 bits per heavy atom. The minimum absolute atomic E-state index is 0.313. The molecular formula is C14H20O5. The van der Waals surface area contributed by atoms with Crippen molar-refractivity contribution in [1.29, 1.82) is 0 Å². The van der Waals surface area contributed by atoms with E-state index in [1.54, 1.807) is 26.8 Å². The number of methoxy groups -OCH3 is 2. The average Bonchev–Trinajstić information content (AvgIpc) is 2.36. The maximum absolute atomic E-state index is 11.4. The lowest BCUT2D eigenvalue weighted by molar-refractivity contribution is -0.165. The van der Waals surface area contributed by atoms with Gasteiger partial charge >= 0.3 is 5.97 Å². The highest BCUT2D eigenvalue weighted by Gasteiger charge is 2.43. The summed E-state index contributed by atoms with van der Waals surface area (Å²) in [5.41, 5.74) is -1.01. The molecule has 19 heavy (non-hydrogen) atoms. The van der Waals surface area contributed by atoms with Gasteiger partial charge in [0.25, 0.3) is 0 Å². The molecule has 0 aliphatic carbocycles. The predicted molar refractivity (Wildman–Crippen MR) is 70.7 cm³/mol. The van der Waals surface area contributed by atoms with Crippen LogP contribution in [0.4, 0.5) is 0 Å². The molecular weight excluding hydrogens is 248 g/mol. The first-order valence-electron chi connectivity index (χ1n) is 5.97. The number of hydrogen-bond acceptors (Lipinski definition) is 4. The first kappa shape index (κ1) is 15.3. The van der Waals surface area contributed by atoms with Gasteiger partial charge in [0.15, 0.2) is 17.1 Å². The molecule has 2 N–H and O–H groups in total. The summed E-state index contributed by atoms with van der Waals surface area (Å²) < 4.78 is 10.3. The average molecular weight is 268 g/mol. The Morgan fingerprint density at radius 2 is 1.68 bits per heavy atom. The molecule has 5 nitrogen and oxygen atoms in total. The van der Waals surface area contributed by atoms with Gasteiger partial charge in [-0.1, -0.05) is 13.8 Å². The molecule has 0 spiro atoms. The summed E-state index contributed by atoms with van der Waals surface area (Å²) in [5, 5.41) is 19.9. The minimum Gasteiger partial charge on any atom is -0.493 e. The van der Waals surface area contributed by atoms with E-state index in [1.807, 2.05) is 0 Å². The van der Waals surface area contributed by atoms with Gasteiger partial charge in [0.2, 0.25) is 0 Å². The van der Waals surface area contributed by atoms with E-state index in [9.17, 15) is 15.0 Å². The third-order valence-electron chi connectivity index (χ3n) is 3.30. The van der Waals surface area contributed by atoms with Crippen molar-refractivity contribution in [2.75, 3.05) is 14.2 Å². The summed E-state index contributed by atoms with van der Waals surface area (Å²) in [6.45, 7) is 5.04. The Bertz CT molecular complexity index is 481. The molecule has 0 radical (unpaired) electrons. The molecule has 0 heterocycles. The lowest BCUT2D eigenvalue weighted by Gasteiger charge is -2.30. The zero-order chi connectivity index (χ0) is 14.8. The number of carboxylic acids is 1. The lowest BCUT2D eigenvalue weighted by atomic mass is 9.81. The van der Waals surface area contributed by atoms with Gasteiger partial charge in [0.05, 0.1) is 14.2 Å². The fourth-order valence-corrected chi connectivity index (χ4v) is 2.06. The molecule has 1 aromatic rings. The number of hydrogen-bond donors (Lipinski definition) is 2. The summed E-state index contributed by atoms with van der Waals surface area (Å²) in [6.07, 6.45) is 0. The highest BCUT2D eigenvalue weighted by molar-refractivity contribution is 5.80. The Labute approximate surface area is 112 Å². The molecule has 0 saturated carbocycles. The van der Waals surface area contributed by atoms with Crippen LogP contribution in [-0.2, 0) is 10.4 Å². The molecule has 1 aromatic carbocycles. The van der Waals surface area contributed by atoms with Crippen LogP contribution in [0.3, 0.4) is 0 Å². The minimum atomic E-state index is -1.95. The van der Waals surface area contributed by atoms with Crippen LogP contribution in [0.1, 0.15) is 25.0 Å². The second kappa shape index (κ2) is 5.48. The van der Waals surface area contributed by atoms with Gasteiger partial charge in [-0.25, -0.2) is 4.79 Å². The van der Waals surface area contributed by atoms with Gasteiger partial charge in [-0.3, -0.25) is 0 Å². The van der Waals surface area contributed by atoms with E-state index < -0.39 is 17.5 Å². The number of benzene rings is 1. The normalized spacial score (nSPS) is 14.1. The number of rotatable bonds is 5. The standard InChI is InChI=1S/C14H20O5/c1-8(2)14(17,13(15)16)10-7-12(19-5)11(18-4)6-9(10)3/h6-8,17H,1-5H3,(H,15,16). The molecule has 1 unspecified atom stereocenters. The number of carbonyl (C=O) groups is 1. The zero-order valence-corrected chi connectivity index (χ0v) is 11.9. The molecule has 0 saturated heterocycles. The summed E-state index contributed by atoms with van der Waals surface area (Å²) >= 11 is 0. The molecule has 0 aliphatic rings. The summed E-state index contributed by atoms with van der Waals surface area (Å²) in [7, 11) is 2.97. The Morgan fingerprint density at radius 3 is 2.05 bits per heavy atom. The van der Waals surface area contributed by atoms with E-state index in [0.29, 0.717) is 22.6 Å². The first-order chi connectivity index (χ1) is 8.78. The largest absolute Gasteiger partial charge is 0.493 e. The van der Waals surface area contributed by atoms with Crippen molar-refractivity contribution in [2.24, 2.45) is 5.92 Å². The Kier molecular flexibility index (Phi) is 4.42. The van der Waals surface area contributed by atoms with Gasteiger partial charge in [-0.15, -0.1) is 0 Å². The van der Waals surface area contributed by atoms with E-state index in [4.69, 9.17) is 9.47 Å².